The van der Waals surface area contributed by atoms with Gasteiger partial charge in [0.2, 0.25) is 0 Å². The van der Waals surface area contributed by atoms with Gasteiger partial charge in [0, 0.05) is 19.2 Å². The van der Waals surface area contributed by atoms with Gasteiger partial charge in [-0.15, -0.1) is 12.4 Å². The van der Waals surface area contributed by atoms with Crippen LogP contribution in [0, 0.1) is 16.0 Å². The summed E-state index contributed by atoms with van der Waals surface area (Å²) < 4.78 is 0. The molecule has 0 aromatic carbocycles. The number of nitro groups is 1. The van der Waals surface area contributed by atoms with Crippen LogP contribution in [0.15, 0.2) is 12.1 Å². The van der Waals surface area contributed by atoms with Crippen molar-refractivity contribution in [1.29, 1.82) is 0 Å². The quantitative estimate of drug-likeness (QED) is 0.650. The van der Waals surface area contributed by atoms with Crippen molar-refractivity contribution in [1.82, 2.24) is 9.88 Å². The highest BCUT2D eigenvalue weighted by atomic mass is 35.5. The first-order valence-electron chi connectivity index (χ1n) is 6.44. The van der Waals surface area contributed by atoms with Crippen LogP contribution in [0.25, 0.3) is 0 Å². The molecule has 112 valence electrons. The largest absolute Gasteiger partial charge is 0.358 e. The molecular formula is C12H19ClN4O3. The van der Waals surface area contributed by atoms with E-state index in [4.69, 9.17) is 5.73 Å². The molecule has 0 saturated carbocycles. The molecule has 3 N–H and O–H groups in total. The second kappa shape index (κ2) is 7.25. The number of carbonyl (C=O) groups is 1. The molecule has 0 bridgehead atoms. The first kappa shape index (κ1) is 16.5. The number of halogens is 1. The highest BCUT2D eigenvalue weighted by Crippen LogP contribution is 2.21. The Hall–Kier alpha value is -1.60. The van der Waals surface area contributed by atoms with E-state index in [1.54, 1.807) is 4.90 Å². The van der Waals surface area contributed by atoms with Crippen LogP contribution in [0.5, 0.6) is 0 Å². The van der Waals surface area contributed by atoms with Crippen molar-refractivity contribution < 1.29 is 9.72 Å². The number of piperidine rings is 1. The number of aromatic amines is 1. The molecule has 8 heteroatoms. The number of amides is 1. The molecule has 1 amide bonds. The van der Waals surface area contributed by atoms with Gasteiger partial charge in [-0.1, -0.05) is 0 Å². The fourth-order valence-corrected chi connectivity index (χ4v) is 2.51. The zero-order valence-corrected chi connectivity index (χ0v) is 11.9. The van der Waals surface area contributed by atoms with Gasteiger partial charge < -0.3 is 20.7 Å². The monoisotopic (exact) mass is 302 g/mol. The topological polar surface area (TPSA) is 105 Å². The van der Waals surface area contributed by atoms with Gasteiger partial charge >= 0.3 is 5.82 Å². The highest BCUT2D eigenvalue weighted by molar-refractivity contribution is 5.93. The lowest BCUT2D eigenvalue weighted by molar-refractivity contribution is -0.389. The van der Waals surface area contributed by atoms with E-state index in [0.717, 1.165) is 19.3 Å². The predicted molar refractivity (Wildman–Crippen MR) is 77.0 cm³/mol. The average Bonchev–Trinajstić information content (AvgIpc) is 2.88. The summed E-state index contributed by atoms with van der Waals surface area (Å²) in [5.41, 5.74) is 5.82. The van der Waals surface area contributed by atoms with Crippen molar-refractivity contribution in [3.05, 3.63) is 27.9 Å². The average molecular weight is 303 g/mol. The van der Waals surface area contributed by atoms with E-state index in [0.29, 0.717) is 25.6 Å². The second-order valence-corrected chi connectivity index (χ2v) is 4.85. The van der Waals surface area contributed by atoms with Crippen molar-refractivity contribution in [2.45, 2.75) is 19.3 Å². The molecular weight excluding hydrogens is 284 g/mol. The zero-order valence-electron chi connectivity index (χ0n) is 11.1. The van der Waals surface area contributed by atoms with E-state index >= 15 is 0 Å². The van der Waals surface area contributed by atoms with Crippen LogP contribution in [0.2, 0.25) is 0 Å². The van der Waals surface area contributed by atoms with Gasteiger partial charge in [-0.2, -0.15) is 0 Å². The Morgan fingerprint density at radius 1 is 1.55 bits per heavy atom. The van der Waals surface area contributed by atoms with Crippen molar-refractivity contribution in [3.8, 4) is 0 Å². The molecule has 1 fully saturated rings. The Balaban J connectivity index is 0.00000200. The molecule has 0 aliphatic carbocycles. The Morgan fingerprint density at radius 2 is 2.30 bits per heavy atom. The first-order chi connectivity index (χ1) is 9.11. The summed E-state index contributed by atoms with van der Waals surface area (Å²) in [6.45, 7) is 2.01. The molecule has 1 aliphatic heterocycles. The fourth-order valence-electron chi connectivity index (χ4n) is 2.51. The van der Waals surface area contributed by atoms with E-state index < -0.39 is 4.92 Å². The van der Waals surface area contributed by atoms with E-state index in [-0.39, 0.29) is 29.8 Å². The zero-order chi connectivity index (χ0) is 13.8. The number of nitrogens with two attached hydrogens (primary N) is 1. The van der Waals surface area contributed by atoms with Gasteiger partial charge in [-0.25, -0.2) is 4.98 Å². The van der Waals surface area contributed by atoms with Crippen LogP contribution < -0.4 is 5.73 Å². The molecule has 1 unspecified atom stereocenters. The lowest BCUT2D eigenvalue weighted by atomic mass is 9.95. The summed E-state index contributed by atoms with van der Waals surface area (Å²) in [5.74, 6) is 0.112. The molecule has 1 atom stereocenters. The van der Waals surface area contributed by atoms with Gasteiger partial charge in [-0.05, 0) is 42.7 Å². The third kappa shape index (κ3) is 3.71. The van der Waals surface area contributed by atoms with Crippen LogP contribution in [0.3, 0.4) is 0 Å². The van der Waals surface area contributed by atoms with E-state index in [2.05, 4.69) is 4.98 Å². The predicted octanol–water partition coefficient (Wildman–Crippen LogP) is 1.55. The maximum absolute atomic E-state index is 12.2. The summed E-state index contributed by atoms with van der Waals surface area (Å²) in [6, 6.07) is 2.78. The maximum atomic E-state index is 12.2. The molecule has 20 heavy (non-hydrogen) atoms. The molecule has 7 nitrogen and oxygen atoms in total. The normalized spacial score (nSPS) is 18.4. The van der Waals surface area contributed by atoms with Gasteiger partial charge in [-0.3, -0.25) is 4.79 Å². The molecule has 1 aliphatic rings. The standard InChI is InChI=1S/C12H18N4O3.ClH/c13-6-5-9-2-1-7-15(8-9)12(17)10-3-4-11(14-10)16(18)19;/h3-4,9,14H,1-2,5-8,13H2;1H. The number of rotatable bonds is 4. The molecule has 2 heterocycles. The summed E-state index contributed by atoms with van der Waals surface area (Å²) in [6.07, 6.45) is 2.96. The number of aromatic nitrogens is 1. The van der Waals surface area contributed by atoms with Crippen LogP contribution in [0.1, 0.15) is 29.8 Å². The molecule has 1 aromatic rings. The van der Waals surface area contributed by atoms with Gasteiger partial charge in [0.15, 0.2) is 5.69 Å². The lowest BCUT2D eigenvalue weighted by Crippen LogP contribution is -2.40. The first-order valence-corrected chi connectivity index (χ1v) is 6.44. The maximum Gasteiger partial charge on any atom is 0.321 e. The van der Waals surface area contributed by atoms with Crippen LogP contribution in [-0.4, -0.2) is 40.3 Å². The minimum atomic E-state index is -0.537. The van der Waals surface area contributed by atoms with E-state index in [1.807, 2.05) is 0 Å². The number of hydrogen-bond acceptors (Lipinski definition) is 4. The molecule has 0 spiro atoms. The van der Waals surface area contributed by atoms with Crippen LogP contribution >= 0.6 is 12.4 Å². The van der Waals surface area contributed by atoms with Gasteiger partial charge in [0.1, 0.15) is 0 Å². The number of H-pyrrole nitrogens is 1. The van der Waals surface area contributed by atoms with Gasteiger partial charge in [0.05, 0.1) is 0 Å². The molecule has 1 saturated heterocycles. The summed E-state index contributed by atoms with van der Waals surface area (Å²) in [7, 11) is 0. The minimum absolute atomic E-state index is 0. The Labute approximate surface area is 123 Å². The van der Waals surface area contributed by atoms with Crippen molar-refractivity contribution in [2.75, 3.05) is 19.6 Å². The van der Waals surface area contributed by atoms with Crippen LogP contribution in [0.4, 0.5) is 5.82 Å². The summed E-state index contributed by atoms with van der Waals surface area (Å²) >= 11 is 0. The number of hydrogen-bond donors (Lipinski definition) is 2. The third-order valence-electron chi connectivity index (χ3n) is 3.48. The SMILES string of the molecule is Cl.NCCC1CCCN(C(=O)c2ccc([N+](=O)[O-])[nH]2)C1. The number of carbonyl (C=O) groups excluding carboxylic acids is 1. The molecule has 1 aromatic heterocycles. The summed E-state index contributed by atoms with van der Waals surface area (Å²) in [5, 5.41) is 10.6. The van der Waals surface area contributed by atoms with E-state index in [1.165, 1.54) is 12.1 Å². The second-order valence-electron chi connectivity index (χ2n) is 4.85. The fraction of sp³-hybridized carbons (Fsp3) is 0.583. The number of nitrogens with zero attached hydrogens (tertiary/aromatic N) is 2. The smallest absolute Gasteiger partial charge is 0.321 e. The third-order valence-corrected chi connectivity index (χ3v) is 3.48. The summed E-state index contributed by atoms with van der Waals surface area (Å²) in [4.78, 5) is 26.6. The van der Waals surface area contributed by atoms with Crippen molar-refractivity contribution in [3.63, 3.8) is 0 Å². The molecule has 2 rings (SSSR count). The van der Waals surface area contributed by atoms with Crippen molar-refractivity contribution >= 4 is 24.1 Å². The van der Waals surface area contributed by atoms with Gasteiger partial charge in [0.25, 0.3) is 5.91 Å². The Kier molecular flexibility index (Phi) is 5.97. The minimum Gasteiger partial charge on any atom is -0.358 e. The number of nitrogens with one attached hydrogen (secondary N) is 1. The van der Waals surface area contributed by atoms with Crippen LogP contribution in [-0.2, 0) is 0 Å². The number of likely N-dealkylation sites (tertiary alicyclic amines) is 1. The highest BCUT2D eigenvalue weighted by Gasteiger charge is 2.26. The Morgan fingerprint density at radius 3 is 2.90 bits per heavy atom. The molecule has 0 radical (unpaired) electrons. The lowest BCUT2D eigenvalue weighted by Gasteiger charge is -2.31. The Bertz CT molecular complexity index is 475. The van der Waals surface area contributed by atoms with Crippen molar-refractivity contribution in [2.24, 2.45) is 11.7 Å². The van der Waals surface area contributed by atoms with E-state index in [9.17, 15) is 14.9 Å².